The maximum absolute atomic E-state index is 12.2. The van der Waals surface area contributed by atoms with E-state index in [0.29, 0.717) is 50.6 Å². The summed E-state index contributed by atoms with van der Waals surface area (Å²) in [6.07, 6.45) is 3.45. The predicted octanol–water partition coefficient (Wildman–Crippen LogP) is 6.74. The molecule has 0 heterocycles. The Morgan fingerprint density at radius 2 is 0.845 bits per heavy atom. The second-order valence-electron chi connectivity index (χ2n) is 13.0. The molecule has 0 aliphatic carbocycles. The highest BCUT2D eigenvalue weighted by Gasteiger charge is 2.11. The van der Waals surface area contributed by atoms with Crippen LogP contribution in [0.1, 0.15) is 25.7 Å². The van der Waals surface area contributed by atoms with Crippen molar-refractivity contribution in [2.24, 2.45) is 20.5 Å². The number of hydrogen-bond donors (Lipinski definition) is 6. The van der Waals surface area contributed by atoms with Gasteiger partial charge in [-0.1, -0.05) is 25.0 Å². The number of rotatable bonds is 21. The summed E-state index contributed by atoms with van der Waals surface area (Å²) in [6.45, 7) is 3.09. The van der Waals surface area contributed by atoms with E-state index in [0.717, 1.165) is 37.1 Å². The van der Waals surface area contributed by atoms with Gasteiger partial charge in [0.25, 0.3) is 20.2 Å². The maximum atomic E-state index is 12.2. The van der Waals surface area contributed by atoms with E-state index in [1.165, 1.54) is 36.4 Å². The number of carbonyl (C=O) groups is 2. The molecule has 20 heteroatoms. The fraction of sp³-hybridized carbons (Fsp3) is 0.316. The van der Waals surface area contributed by atoms with Gasteiger partial charge in [0.1, 0.15) is 0 Å². The lowest BCUT2D eigenvalue weighted by molar-refractivity contribution is 0.239. The van der Waals surface area contributed by atoms with Crippen LogP contribution in [-0.2, 0) is 20.2 Å². The van der Waals surface area contributed by atoms with Gasteiger partial charge in [0.05, 0.1) is 32.5 Å². The largest absolute Gasteiger partial charge is 0.373 e. The zero-order chi connectivity index (χ0) is 42.0. The van der Waals surface area contributed by atoms with E-state index in [4.69, 9.17) is 0 Å². The molecule has 0 bridgehead atoms. The van der Waals surface area contributed by atoms with Gasteiger partial charge in [-0.2, -0.15) is 37.3 Å². The Bertz CT molecular complexity index is 2080. The number of likely N-dealkylation sites (N-methyl/N-ethyl adjacent to an activating group) is 2. The lowest BCUT2D eigenvalue weighted by atomic mass is 10.2. The first-order valence-corrected chi connectivity index (χ1v) is 21.2. The second kappa shape index (κ2) is 22.1. The molecule has 4 rings (SSSR count). The number of amides is 4. The molecule has 0 fully saturated rings. The topological polar surface area (TPSA) is 247 Å². The predicted molar refractivity (Wildman–Crippen MR) is 222 cm³/mol. The van der Waals surface area contributed by atoms with E-state index in [-0.39, 0.29) is 33.2 Å². The SMILES string of the molecule is CN(CCNC(=O)NCCCCCCNC(=O)NCCN(C)c1ccc(N=Nc2cccc(S(=O)(=O)O)c2)cc1)c1ccc(N=Nc2cccc(S(=O)(=O)O)c2)cc1. The Hall–Kier alpha value is -5.96. The quantitative estimate of drug-likeness (QED) is 0.0293. The number of urea groups is 2. The molecule has 0 saturated carbocycles. The van der Waals surface area contributed by atoms with Gasteiger partial charge >= 0.3 is 12.1 Å². The molecule has 0 aliphatic heterocycles. The number of azo groups is 2. The van der Waals surface area contributed by atoms with E-state index in [1.807, 2.05) is 48.2 Å². The zero-order valence-corrected chi connectivity index (χ0v) is 33.8. The molecular formula is C38H48N10O8S2. The van der Waals surface area contributed by atoms with Crippen LogP contribution >= 0.6 is 0 Å². The molecule has 310 valence electrons. The molecule has 6 N–H and O–H groups in total. The van der Waals surface area contributed by atoms with Gasteiger partial charge in [-0.05, 0) is 97.8 Å². The highest BCUT2D eigenvalue weighted by atomic mass is 32.2. The molecule has 0 aromatic heterocycles. The van der Waals surface area contributed by atoms with Crippen molar-refractivity contribution in [3.63, 3.8) is 0 Å². The van der Waals surface area contributed by atoms with Crippen LogP contribution in [0.4, 0.5) is 43.7 Å². The van der Waals surface area contributed by atoms with E-state index in [1.54, 1.807) is 36.4 Å². The van der Waals surface area contributed by atoms with Gasteiger partial charge in [-0.3, -0.25) is 9.11 Å². The first-order valence-electron chi connectivity index (χ1n) is 18.3. The van der Waals surface area contributed by atoms with Gasteiger partial charge in [-0.15, -0.1) is 0 Å². The Morgan fingerprint density at radius 3 is 1.21 bits per heavy atom. The van der Waals surface area contributed by atoms with Crippen molar-refractivity contribution in [3.05, 3.63) is 97.1 Å². The number of hydrogen-bond acceptors (Lipinski definition) is 12. The summed E-state index contributed by atoms with van der Waals surface area (Å²) in [6, 6.07) is 25.1. The maximum Gasteiger partial charge on any atom is 0.314 e. The molecule has 58 heavy (non-hydrogen) atoms. The summed E-state index contributed by atoms with van der Waals surface area (Å²) < 4.78 is 63.7. The van der Waals surface area contributed by atoms with Crippen LogP contribution in [-0.4, -0.2) is 91.4 Å². The molecule has 0 spiro atoms. The number of nitrogens with one attached hydrogen (secondary N) is 4. The molecule has 0 unspecified atom stereocenters. The summed E-state index contributed by atoms with van der Waals surface area (Å²) in [5, 5.41) is 27.7. The van der Waals surface area contributed by atoms with Crippen LogP contribution < -0.4 is 31.1 Å². The molecule has 18 nitrogen and oxygen atoms in total. The van der Waals surface area contributed by atoms with Crippen molar-refractivity contribution in [2.75, 3.05) is 63.2 Å². The summed E-state index contributed by atoms with van der Waals surface area (Å²) in [5.41, 5.74) is 3.50. The third-order valence-corrected chi connectivity index (χ3v) is 10.2. The molecule has 0 atom stereocenters. The molecule has 0 radical (unpaired) electrons. The molecule has 0 saturated heterocycles. The molecule has 0 aliphatic rings. The highest BCUT2D eigenvalue weighted by molar-refractivity contribution is 7.86. The second-order valence-corrected chi connectivity index (χ2v) is 15.8. The fourth-order valence-corrected chi connectivity index (χ4v) is 6.30. The monoisotopic (exact) mass is 836 g/mol. The minimum atomic E-state index is -4.33. The molecule has 4 aromatic rings. The van der Waals surface area contributed by atoms with Crippen molar-refractivity contribution in [2.45, 2.75) is 35.5 Å². The lowest BCUT2D eigenvalue weighted by Crippen LogP contribution is -2.40. The summed E-state index contributed by atoms with van der Waals surface area (Å²) in [7, 11) is -4.85. The third kappa shape index (κ3) is 15.9. The zero-order valence-electron chi connectivity index (χ0n) is 32.2. The Balaban J connectivity index is 0.995. The minimum Gasteiger partial charge on any atom is -0.373 e. The van der Waals surface area contributed by atoms with Gasteiger partial charge in [0, 0.05) is 64.7 Å². The Morgan fingerprint density at radius 1 is 0.500 bits per heavy atom. The minimum absolute atomic E-state index is 0.241. The van der Waals surface area contributed by atoms with Crippen molar-refractivity contribution in [3.8, 4) is 0 Å². The van der Waals surface area contributed by atoms with Crippen molar-refractivity contribution >= 4 is 66.4 Å². The lowest BCUT2D eigenvalue weighted by Gasteiger charge is -2.19. The third-order valence-electron chi connectivity index (χ3n) is 8.51. The first kappa shape index (κ1) is 44.8. The number of unbranched alkanes of at least 4 members (excludes halogenated alkanes) is 3. The van der Waals surface area contributed by atoms with Crippen LogP contribution in [0, 0.1) is 0 Å². The average Bonchev–Trinajstić information content (AvgIpc) is 3.20. The fourth-order valence-electron chi connectivity index (χ4n) is 5.26. The van der Waals surface area contributed by atoms with Crippen molar-refractivity contribution < 1.29 is 35.5 Å². The van der Waals surface area contributed by atoms with Crippen LogP contribution in [0.3, 0.4) is 0 Å². The van der Waals surface area contributed by atoms with Crippen molar-refractivity contribution in [1.29, 1.82) is 0 Å². The standard InChI is InChI=1S/C38H48N10O8S2/c1-47(33-17-13-29(14-18-33)43-45-31-9-7-11-35(27-31)57(51,52)53)25-23-41-37(49)39-21-5-3-4-6-22-40-38(50)42-24-26-48(2)34-19-15-30(16-20-34)44-46-32-10-8-12-36(28-32)58(54,55)56/h7-20,27-28H,3-6,21-26H2,1-2H3,(H2,39,41,49)(H2,40,42,50)(H,51,52,53)(H,54,55,56). The van der Waals surface area contributed by atoms with E-state index < -0.39 is 20.2 Å². The van der Waals surface area contributed by atoms with E-state index >= 15 is 0 Å². The Labute approximate surface area is 338 Å². The first-order chi connectivity index (χ1) is 27.7. The van der Waals surface area contributed by atoms with E-state index in [9.17, 15) is 35.5 Å². The van der Waals surface area contributed by atoms with Gasteiger partial charge in [0.2, 0.25) is 0 Å². The van der Waals surface area contributed by atoms with Gasteiger partial charge in [-0.25, -0.2) is 9.59 Å². The summed E-state index contributed by atoms with van der Waals surface area (Å²) >= 11 is 0. The smallest absolute Gasteiger partial charge is 0.314 e. The average molecular weight is 837 g/mol. The number of nitrogens with zero attached hydrogens (tertiary/aromatic N) is 6. The molecular weight excluding hydrogens is 789 g/mol. The molecule has 4 amide bonds. The number of carbonyl (C=O) groups excluding carboxylic acids is 2. The Kier molecular flexibility index (Phi) is 17.1. The number of benzene rings is 4. The van der Waals surface area contributed by atoms with Crippen molar-refractivity contribution in [1.82, 2.24) is 21.3 Å². The van der Waals surface area contributed by atoms with Gasteiger partial charge in [0.15, 0.2) is 0 Å². The van der Waals surface area contributed by atoms with Crippen LogP contribution in [0.15, 0.2) is 127 Å². The van der Waals surface area contributed by atoms with Crippen LogP contribution in [0.2, 0.25) is 0 Å². The molecule has 4 aromatic carbocycles. The highest BCUT2D eigenvalue weighted by Crippen LogP contribution is 2.25. The normalized spacial score (nSPS) is 11.7. The summed E-state index contributed by atoms with van der Waals surface area (Å²) in [5.74, 6) is 0. The van der Waals surface area contributed by atoms with Crippen LogP contribution in [0.5, 0.6) is 0 Å². The van der Waals surface area contributed by atoms with Crippen LogP contribution in [0.25, 0.3) is 0 Å². The number of anilines is 2. The summed E-state index contributed by atoms with van der Waals surface area (Å²) in [4.78, 5) is 27.9. The van der Waals surface area contributed by atoms with E-state index in [2.05, 4.69) is 41.7 Å². The van der Waals surface area contributed by atoms with Gasteiger partial charge < -0.3 is 31.1 Å².